The van der Waals surface area contributed by atoms with E-state index in [-0.39, 0.29) is 36.1 Å². The highest BCUT2D eigenvalue weighted by Crippen LogP contribution is 2.45. The number of Topliss-reactive ketones (excluding diaryl/α,β-unsaturated/α-hetero) is 1. The number of rotatable bonds is 4. The number of carbonyl (C=O) groups is 1. The minimum atomic E-state index is -0.283. The van der Waals surface area contributed by atoms with Gasteiger partial charge in [-0.1, -0.05) is 0 Å². The van der Waals surface area contributed by atoms with Gasteiger partial charge in [-0.15, -0.1) is 0 Å². The van der Waals surface area contributed by atoms with Crippen LogP contribution in [0.2, 0.25) is 0 Å². The van der Waals surface area contributed by atoms with Crippen molar-refractivity contribution in [2.45, 2.75) is 50.6 Å². The lowest BCUT2D eigenvalue weighted by Gasteiger charge is -2.46. The molecule has 1 aliphatic heterocycles. The van der Waals surface area contributed by atoms with Gasteiger partial charge in [-0.05, 0) is 19.1 Å². The molecule has 21 heavy (non-hydrogen) atoms. The Hall–Kier alpha value is -1.17. The molecule has 0 radical (unpaired) electrons. The Kier molecular flexibility index (Phi) is 4.42. The minimum absolute atomic E-state index is 0.117. The van der Waals surface area contributed by atoms with Gasteiger partial charge in [-0.3, -0.25) is 4.79 Å². The molecule has 2 fully saturated rings. The van der Waals surface area contributed by atoms with Gasteiger partial charge >= 0.3 is 0 Å². The zero-order valence-corrected chi connectivity index (χ0v) is 12.5. The number of hydrogen-bond acceptors (Lipinski definition) is 5. The molecule has 5 nitrogen and oxygen atoms in total. The summed E-state index contributed by atoms with van der Waals surface area (Å²) in [6.45, 7) is 2.54. The average Bonchev–Trinajstić information content (AvgIpc) is 2.99. The highest BCUT2D eigenvalue weighted by molar-refractivity contribution is 5.80. The highest BCUT2D eigenvalue weighted by Gasteiger charge is 2.48. The molecular formula is C16H22O5. The number of ether oxygens (including phenoxy) is 3. The molecule has 1 aromatic rings. The van der Waals surface area contributed by atoms with Crippen molar-refractivity contribution < 1.29 is 23.4 Å². The highest BCUT2D eigenvalue weighted by atomic mass is 16.7. The molecule has 0 N–H and O–H groups in total. The summed E-state index contributed by atoms with van der Waals surface area (Å²) in [4.78, 5) is 11.9. The van der Waals surface area contributed by atoms with E-state index in [1.54, 1.807) is 13.4 Å². The monoisotopic (exact) mass is 294 g/mol. The zero-order valence-electron chi connectivity index (χ0n) is 12.5. The number of carbonyl (C=O) groups excluding carboxylic acids is 1. The van der Waals surface area contributed by atoms with Crippen LogP contribution in [0.3, 0.4) is 0 Å². The van der Waals surface area contributed by atoms with Crippen molar-refractivity contribution in [3.63, 3.8) is 0 Å². The van der Waals surface area contributed by atoms with Gasteiger partial charge in [0.15, 0.2) is 6.29 Å². The second-order valence-electron chi connectivity index (χ2n) is 5.72. The van der Waals surface area contributed by atoms with Crippen molar-refractivity contribution >= 4 is 5.78 Å². The Morgan fingerprint density at radius 3 is 2.90 bits per heavy atom. The summed E-state index contributed by atoms with van der Waals surface area (Å²) >= 11 is 0. The molecular weight excluding hydrogens is 272 g/mol. The first-order valence-electron chi connectivity index (χ1n) is 7.57. The van der Waals surface area contributed by atoms with Crippen molar-refractivity contribution in [2.24, 2.45) is 5.92 Å². The van der Waals surface area contributed by atoms with E-state index in [0.29, 0.717) is 19.4 Å². The maximum Gasteiger partial charge on any atom is 0.158 e. The summed E-state index contributed by atoms with van der Waals surface area (Å²) in [6.07, 6.45) is 2.75. The largest absolute Gasteiger partial charge is 0.469 e. The summed E-state index contributed by atoms with van der Waals surface area (Å²) in [6, 6.07) is 3.88. The molecule has 1 saturated carbocycles. The standard InChI is InChI=1S/C16H22O5/c1-3-19-15-9-11(12-5-4-6-20-12)16-13(18-2)7-10(17)8-14(16)21-15/h4-6,11,13-16H,3,7-9H2,1-2H3/t11-,13+,14+,15+,16?/m1/s1. The lowest BCUT2D eigenvalue weighted by atomic mass is 9.71. The van der Waals surface area contributed by atoms with Gasteiger partial charge in [0, 0.05) is 44.8 Å². The van der Waals surface area contributed by atoms with Crippen LogP contribution in [0.5, 0.6) is 0 Å². The molecule has 3 rings (SSSR count). The Labute approximate surface area is 124 Å². The summed E-state index contributed by atoms with van der Waals surface area (Å²) < 4.78 is 22.8. The predicted octanol–water partition coefficient (Wildman–Crippen LogP) is 2.51. The number of hydrogen-bond donors (Lipinski definition) is 0. The third kappa shape index (κ3) is 2.91. The van der Waals surface area contributed by atoms with E-state index in [0.717, 1.165) is 12.2 Å². The number of methoxy groups -OCH3 is 1. The van der Waals surface area contributed by atoms with Crippen molar-refractivity contribution in [1.29, 1.82) is 0 Å². The minimum Gasteiger partial charge on any atom is -0.469 e. The van der Waals surface area contributed by atoms with E-state index < -0.39 is 0 Å². The summed E-state index contributed by atoms with van der Waals surface area (Å²) in [5.74, 6) is 1.41. The van der Waals surface area contributed by atoms with Crippen LogP contribution in [0.1, 0.15) is 37.9 Å². The topological polar surface area (TPSA) is 57.9 Å². The molecule has 0 spiro atoms. The predicted molar refractivity (Wildman–Crippen MR) is 74.9 cm³/mol. The third-order valence-corrected chi connectivity index (χ3v) is 4.52. The fourth-order valence-electron chi connectivity index (χ4n) is 3.66. The molecule has 0 amide bonds. The molecule has 116 valence electrons. The average molecular weight is 294 g/mol. The molecule has 5 heteroatoms. The first kappa shape index (κ1) is 14.8. The van der Waals surface area contributed by atoms with Crippen LogP contribution in [-0.4, -0.2) is 38.0 Å². The number of furan rings is 1. The van der Waals surface area contributed by atoms with Crippen molar-refractivity contribution in [3.8, 4) is 0 Å². The lowest BCUT2D eigenvalue weighted by molar-refractivity contribution is -0.234. The van der Waals surface area contributed by atoms with Gasteiger partial charge in [0.1, 0.15) is 11.5 Å². The smallest absolute Gasteiger partial charge is 0.158 e. The van der Waals surface area contributed by atoms with Gasteiger partial charge < -0.3 is 18.6 Å². The van der Waals surface area contributed by atoms with Crippen molar-refractivity contribution in [2.75, 3.05) is 13.7 Å². The molecule has 2 heterocycles. The van der Waals surface area contributed by atoms with Crippen LogP contribution in [0, 0.1) is 5.92 Å². The third-order valence-electron chi connectivity index (χ3n) is 4.52. The molecule has 5 atom stereocenters. The van der Waals surface area contributed by atoms with E-state index in [1.165, 1.54) is 0 Å². The lowest BCUT2D eigenvalue weighted by Crippen LogP contribution is -2.51. The van der Waals surface area contributed by atoms with Crippen LogP contribution in [-0.2, 0) is 19.0 Å². The zero-order chi connectivity index (χ0) is 14.8. The van der Waals surface area contributed by atoms with Gasteiger partial charge in [-0.2, -0.15) is 0 Å². The Balaban J connectivity index is 1.88. The second kappa shape index (κ2) is 6.30. The van der Waals surface area contributed by atoms with Crippen LogP contribution in [0.25, 0.3) is 0 Å². The van der Waals surface area contributed by atoms with Crippen molar-refractivity contribution in [3.05, 3.63) is 24.2 Å². The summed E-state index contributed by atoms with van der Waals surface area (Å²) in [5, 5.41) is 0. The Morgan fingerprint density at radius 2 is 2.24 bits per heavy atom. The molecule has 0 bridgehead atoms. The maximum absolute atomic E-state index is 11.9. The molecule has 1 unspecified atom stereocenters. The van der Waals surface area contributed by atoms with Crippen LogP contribution >= 0.6 is 0 Å². The van der Waals surface area contributed by atoms with Gasteiger partial charge in [0.25, 0.3) is 0 Å². The normalized spacial score (nSPS) is 36.5. The van der Waals surface area contributed by atoms with E-state index in [2.05, 4.69) is 0 Å². The van der Waals surface area contributed by atoms with E-state index in [4.69, 9.17) is 18.6 Å². The van der Waals surface area contributed by atoms with E-state index in [9.17, 15) is 4.79 Å². The summed E-state index contributed by atoms with van der Waals surface area (Å²) in [7, 11) is 1.66. The first-order valence-corrected chi connectivity index (χ1v) is 7.57. The maximum atomic E-state index is 11.9. The molecule has 1 aliphatic carbocycles. The summed E-state index contributed by atoms with van der Waals surface area (Å²) in [5.41, 5.74) is 0. The van der Waals surface area contributed by atoms with Gasteiger partial charge in [0.2, 0.25) is 0 Å². The van der Waals surface area contributed by atoms with Crippen LogP contribution in [0.15, 0.2) is 22.8 Å². The number of ketones is 1. The quantitative estimate of drug-likeness (QED) is 0.854. The first-order chi connectivity index (χ1) is 10.2. The molecule has 0 aromatic carbocycles. The van der Waals surface area contributed by atoms with Crippen LogP contribution in [0.4, 0.5) is 0 Å². The molecule has 1 saturated heterocycles. The van der Waals surface area contributed by atoms with E-state index >= 15 is 0 Å². The fraction of sp³-hybridized carbons (Fsp3) is 0.688. The second-order valence-corrected chi connectivity index (χ2v) is 5.72. The van der Waals surface area contributed by atoms with Gasteiger partial charge in [-0.25, -0.2) is 0 Å². The fourth-order valence-corrected chi connectivity index (χ4v) is 3.66. The number of fused-ring (bicyclic) bond motifs is 1. The van der Waals surface area contributed by atoms with Gasteiger partial charge in [0.05, 0.1) is 18.5 Å². The van der Waals surface area contributed by atoms with E-state index in [1.807, 2.05) is 19.1 Å². The molecule has 2 aliphatic rings. The molecule has 1 aromatic heterocycles. The Bertz CT molecular complexity index is 469. The van der Waals surface area contributed by atoms with Crippen LogP contribution < -0.4 is 0 Å². The van der Waals surface area contributed by atoms with Crippen molar-refractivity contribution in [1.82, 2.24) is 0 Å². The Morgan fingerprint density at radius 1 is 1.38 bits per heavy atom. The SMILES string of the molecule is CCO[C@@H]1C[C@H](c2ccco2)C2[C@@H](OC)CC(=O)C[C@@H]2O1.